The summed E-state index contributed by atoms with van der Waals surface area (Å²) in [6, 6.07) is 13.4. The van der Waals surface area contributed by atoms with Crippen LogP contribution < -0.4 is 5.32 Å². The molecule has 0 saturated carbocycles. The Bertz CT molecular complexity index is 993. The lowest BCUT2D eigenvalue weighted by Gasteiger charge is -2.19. The van der Waals surface area contributed by atoms with E-state index >= 15 is 0 Å². The second-order valence-corrected chi connectivity index (χ2v) is 9.62. The van der Waals surface area contributed by atoms with Crippen LogP contribution in [0.2, 0.25) is 0 Å². The third kappa shape index (κ3) is 6.38. The molecule has 31 heavy (non-hydrogen) atoms. The third-order valence-corrected chi connectivity index (χ3v) is 7.15. The van der Waals surface area contributed by atoms with Gasteiger partial charge >= 0.3 is 5.97 Å². The molecule has 1 heterocycles. The zero-order chi connectivity index (χ0) is 22.3. The van der Waals surface area contributed by atoms with E-state index in [1.807, 2.05) is 31.2 Å². The molecule has 1 aliphatic heterocycles. The Morgan fingerprint density at radius 1 is 0.935 bits per heavy atom. The van der Waals surface area contributed by atoms with Crippen molar-refractivity contribution in [3.05, 3.63) is 65.2 Å². The molecule has 2 aromatic rings. The van der Waals surface area contributed by atoms with E-state index in [1.165, 1.54) is 28.6 Å². The molecule has 1 amide bonds. The highest BCUT2D eigenvalue weighted by Gasteiger charge is 2.25. The van der Waals surface area contributed by atoms with Crippen molar-refractivity contribution in [2.75, 3.05) is 19.7 Å². The predicted octanol–water partition coefficient (Wildman–Crippen LogP) is 3.03. The number of carbonyl (C=O) groups excluding carboxylic acids is 2. The fraction of sp³-hybridized carbons (Fsp3) is 0.391. The summed E-state index contributed by atoms with van der Waals surface area (Å²) in [5.41, 5.74) is 2.28. The molecule has 1 N–H and O–H groups in total. The molecule has 0 atom stereocenters. The fourth-order valence-electron chi connectivity index (χ4n) is 3.37. The number of aryl methyl sites for hydroxylation is 1. The van der Waals surface area contributed by atoms with E-state index in [0.717, 1.165) is 36.8 Å². The fourth-order valence-corrected chi connectivity index (χ4v) is 4.88. The molecule has 1 fully saturated rings. The largest absolute Gasteiger partial charge is 0.452 e. The molecule has 166 valence electrons. The molecule has 8 heteroatoms. The number of amides is 1. The smallest absolute Gasteiger partial charge is 0.338 e. The first-order chi connectivity index (χ1) is 14.9. The van der Waals surface area contributed by atoms with E-state index in [4.69, 9.17) is 4.74 Å². The Hall–Kier alpha value is -2.71. The van der Waals surface area contributed by atoms with Crippen molar-refractivity contribution in [1.29, 1.82) is 0 Å². The SMILES string of the molecule is Cc1ccc(CNC(=O)COC(=O)c2ccc(S(=O)(=O)N3CCCCCC3)cc2)cc1. The number of benzene rings is 2. The summed E-state index contributed by atoms with van der Waals surface area (Å²) in [5, 5.41) is 2.69. The first kappa shape index (κ1) is 23.0. The van der Waals surface area contributed by atoms with E-state index in [-0.39, 0.29) is 10.5 Å². The van der Waals surface area contributed by atoms with Gasteiger partial charge < -0.3 is 10.1 Å². The van der Waals surface area contributed by atoms with Crippen LogP contribution in [0.5, 0.6) is 0 Å². The monoisotopic (exact) mass is 444 g/mol. The maximum Gasteiger partial charge on any atom is 0.338 e. The summed E-state index contributed by atoms with van der Waals surface area (Å²) in [6.07, 6.45) is 3.79. The predicted molar refractivity (Wildman–Crippen MR) is 117 cm³/mol. The van der Waals surface area contributed by atoms with Gasteiger partial charge in [-0.25, -0.2) is 13.2 Å². The molecule has 1 aliphatic rings. The van der Waals surface area contributed by atoms with Crippen LogP contribution >= 0.6 is 0 Å². The number of esters is 1. The van der Waals surface area contributed by atoms with Crippen molar-refractivity contribution < 1.29 is 22.7 Å². The molecule has 3 rings (SSSR count). The summed E-state index contributed by atoms with van der Waals surface area (Å²) in [5.74, 6) is -1.08. The van der Waals surface area contributed by atoms with E-state index in [9.17, 15) is 18.0 Å². The van der Waals surface area contributed by atoms with Crippen LogP contribution in [0.25, 0.3) is 0 Å². The molecule has 0 unspecified atom stereocenters. The van der Waals surface area contributed by atoms with Crippen molar-refractivity contribution in [2.24, 2.45) is 0 Å². The third-order valence-electron chi connectivity index (χ3n) is 5.24. The van der Waals surface area contributed by atoms with Gasteiger partial charge in [-0.15, -0.1) is 0 Å². The number of rotatable bonds is 7. The van der Waals surface area contributed by atoms with Crippen LogP contribution in [-0.2, 0) is 26.1 Å². The molecule has 0 aliphatic carbocycles. The van der Waals surface area contributed by atoms with Crippen LogP contribution in [-0.4, -0.2) is 44.3 Å². The second-order valence-electron chi connectivity index (χ2n) is 7.68. The molecular weight excluding hydrogens is 416 g/mol. The Morgan fingerprint density at radius 3 is 2.16 bits per heavy atom. The molecule has 0 bridgehead atoms. The van der Waals surface area contributed by atoms with Gasteiger partial charge in [0.25, 0.3) is 5.91 Å². The minimum Gasteiger partial charge on any atom is -0.452 e. The first-order valence-electron chi connectivity index (χ1n) is 10.5. The van der Waals surface area contributed by atoms with Gasteiger partial charge in [-0.3, -0.25) is 4.79 Å². The van der Waals surface area contributed by atoms with Gasteiger partial charge in [-0.05, 0) is 49.6 Å². The van der Waals surface area contributed by atoms with Crippen molar-refractivity contribution >= 4 is 21.9 Å². The van der Waals surface area contributed by atoms with Crippen LogP contribution in [0.1, 0.15) is 47.2 Å². The lowest BCUT2D eigenvalue weighted by molar-refractivity contribution is -0.124. The van der Waals surface area contributed by atoms with Gasteiger partial charge in [0, 0.05) is 19.6 Å². The van der Waals surface area contributed by atoms with Crippen LogP contribution in [0.3, 0.4) is 0 Å². The highest BCUT2D eigenvalue weighted by Crippen LogP contribution is 2.20. The molecule has 0 spiro atoms. The topological polar surface area (TPSA) is 92.8 Å². The Morgan fingerprint density at radius 2 is 1.55 bits per heavy atom. The van der Waals surface area contributed by atoms with E-state index in [2.05, 4.69) is 5.32 Å². The molecule has 7 nitrogen and oxygen atoms in total. The van der Waals surface area contributed by atoms with Gasteiger partial charge in [-0.1, -0.05) is 42.7 Å². The maximum absolute atomic E-state index is 12.8. The lowest BCUT2D eigenvalue weighted by atomic mass is 10.1. The van der Waals surface area contributed by atoms with Gasteiger partial charge in [0.2, 0.25) is 10.0 Å². The zero-order valence-electron chi connectivity index (χ0n) is 17.7. The number of nitrogens with zero attached hydrogens (tertiary/aromatic N) is 1. The van der Waals surface area contributed by atoms with E-state index in [1.54, 1.807) is 0 Å². The molecule has 0 aromatic heterocycles. The number of sulfonamides is 1. The van der Waals surface area contributed by atoms with Crippen molar-refractivity contribution in [2.45, 2.75) is 44.0 Å². The lowest BCUT2D eigenvalue weighted by Crippen LogP contribution is -2.32. The second kappa shape index (κ2) is 10.5. The van der Waals surface area contributed by atoms with E-state index < -0.39 is 28.5 Å². The quantitative estimate of drug-likeness (QED) is 0.663. The molecule has 1 saturated heterocycles. The summed E-state index contributed by atoms with van der Waals surface area (Å²) >= 11 is 0. The normalized spacial score (nSPS) is 15.1. The summed E-state index contributed by atoms with van der Waals surface area (Å²) in [6.45, 7) is 2.96. The summed E-state index contributed by atoms with van der Waals surface area (Å²) < 4.78 is 32.2. The minimum atomic E-state index is -3.57. The number of hydrogen-bond acceptors (Lipinski definition) is 5. The van der Waals surface area contributed by atoms with Gasteiger partial charge in [0.1, 0.15) is 0 Å². The van der Waals surface area contributed by atoms with Gasteiger partial charge in [0.05, 0.1) is 10.5 Å². The maximum atomic E-state index is 12.8. The standard InChI is InChI=1S/C23H28N2O5S/c1-18-6-8-19(9-7-18)16-24-22(26)17-30-23(27)20-10-12-21(13-11-20)31(28,29)25-14-4-2-3-5-15-25/h6-13H,2-5,14-17H2,1H3,(H,24,26). The summed E-state index contributed by atoms with van der Waals surface area (Å²) in [7, 11) is -3.57. The first-order valence-corrected chi connectivity index (χ1v) is 11.9. The average Bonchev–Trinajstić information content (AvgIpc) is 3.07. The van der Waals surface area contributed by atoms with Crippen LogP contribution in [0, 0.1) is 6.92 Å². The number of hydrogen-bond donors (Lipinski definition) is 1. The molecule has 2 aromatic carbocycles. The average molecular weight is 445 g/mol. The Balaban J connectivity index is 1.51. The van der Waals surface area contributed by atoms with Crippen molar-refractivity contribution in [1.82, 2.24) is 9.62 Å². The Labute approximate surface area is 183 Å². The molecular formula is C23H28N2O5S. The van der Waals surface area contributed by atoms with Crippen LogP contribution in [0.15, 0.2) is 53.4 Å². The van der Waals surface area contributed by atoms with Crippen molar-refractivity contribution in [3.8, 4) is 0 Å². The summed E-state index contributed by atoms with van der Waals surface area (Å²) in [4.78, 5) is 24.3. The number of carbonyl (C=O) groups is 2. The van der Waals surface area contributed by atoms with E-state index in [0.29, 0.717) is 19.6 Å². The molecule has 0 radical (unpaired) electrons. The number of ether oxygens (including phenoxy) is 1. The van der Waals surface area contributed by atoms with Crippen molar-refractivity contribution in [3.63, 3.8) is 0 Å². The van der Waals surface area contributed by atoms with Crippen LogP contribution in [0.4, 0.5) is 0 Å². The van der Waals surface area contributed by atoms with Gasteiger partial charge in [0.15, 0.2) is 6.61 Å². The van der Waals surface area contributed by atoms with Gasteiger partial charge in [-0.2, -0.15) is 4.31 Å². The number of nitrogens with one attached hydrogen (secondary N) is 1. The Kier molecular flexibility index (Phi) is 7.81. The zero-order valence-corrected chi connectivity index (χ0v) is 18.5. The highest BCUT2D eigenvalue weighted by atomic mass is 32.2. The highest BCUT2D eigenvalue weighted by molar-refractivity contribution is 7.89. The minimum absolute atomic E-state index is 0.154.